The summed E-state index contributed by atoms with van der Waals surface area (Å²) < 4.78 is 34.5. The number of carboxylic acid groups (broad SMARTS) is 1. The molecule has 37 heavy (non-hydrogen) atoms. The van der Waals surface area contributed by atoms with Crippen LogP contribution in [0, 0.1) is 3.57 Å². The first kappa shape index (κ1) is 27.1. The fraction of sp³-hybridized carbons (Fsp3) is 0.417. The molecule has 13 heteroatoms. The van der Waals surface area contributed by atoms with Crippen molar-refractivity contribution in [3.63, 3.8) is 0 Å². The third kappa shape index (κ3) is 5.37. The van der Waals surface area contributed by atoms with Gasteiger partial charge in [-0.3, -0.25) is 0 Å². The van der Waals surface area contributed by atoms with Crippen LogP contribution in [0.1, 0.15) is 40.5 Å². The fourth-order valence-electron chi connectivity index (χ4n) is 4.19. The molecular weight excluding hydrogens is 613 g/mol. The molecule has 11 nitrogen and oxygen atoms in total. The van der Waals surface area contributed by atoms with Crippen LogP contribution in [0.3, 0.4) is 0 Å². The lowest BCUT2D eigenvalue weighted by molar-refractivity contribution is 0.0420. The summed E-state index contributed by atoms with van der Waals surface area (Å²) in [5, 5.41) is 9.44. The smallest absolute Gasteiger partial charge is 0.424 e. The number of carbonyl (C=O) groups is 2. The average Bonchev–Trinajstić information content (AvgIpc) is 3.39. The predicted molar refractivity (Wildman–Crippen MR) is 146 cm³/mol. The van der Waals surface area contributed by atoms with Crippen molar-refractivity contribution in [2.24, 2.45) is 0 Å². The first-order chi connectivity index (χ1) is 17.2. The lowest BCUT2D eigenvalue weighted by Gasteiger charge is -2.27. The second-order valence-corrected chi connectivity index (χ2v) is 13.0. The predicted octanol–water partition coefficient (Wildman–Crippen LogP) is 4.77. The van der Waals surface area contributed by atoms with Crippen LogP contribution >= 0.6 is 22.6 Å². The highest BCUT2D eigenvalue weighted by Gasteiger charge is 2.32. The van der Waals surface area contributed by atoms with Crippen LogP contribution in [0.2, 0.25) is 0 Å². The molecule has 0 aliphatic carbocycles. The van der Waals surface area contributed by atoms with Crippen LogP contribution in [-0.2, 0) is 14.8 Å². The molecule has 198 valence electrons. The van der Waals surface area contributed by atoms with Crippen LogP contribution in [0.25, 0.3) is 22.4 Å². The van der Waals surface area contributed by atoms with Gasteiger partial charge in [0.15, 0.2) is 5.65 Å². The Morgan fingerprint density at radius 2 is 1.95 bits per heavy atom. The zero-order valence-corrected chi connectivity index (χ0v) is 24.1. The lowest BCUT2D eigenvalue weighted by Crippen LogP contribution is -2.38. The standard InChI is InChI=1S/C24H28IN5O6S/c1-14-7-6-8-29(14)16-9-15(19-12-26-21-20(27-19)18(25)13-30(21)22(31)32)10-17(11-16)37(34,35)28(5)23(33)36-24(2,3)4/h9-14H,6-8H2,1-5H3,(H,31,32). The Hall–Kier alpha value is -2.94. The second-order valence-electron chi connectivity index (χ2n) is 9.91. The van der Waals surface area contributed by atoms with Gasteiger partial charge in [0.25, 0.3) is 10.0 Å². The van der Waals surface area contributed by atoms with Gasteiger partial charge in [-0.05, 0) is 81.3 Å². The van der Waals surface area contributed by atoms with Gasteiger partial charge in [-0.2, -0.15) is 0 Å². The van der Waals surface area contributed by atoms with Crippen molar-refractivity contribution in [2.75, 3.05) is 18.5 Å². The minimum Gasteiger partial charge on any atom is -0.464 e. The molecule has 0 spiro atoms. The maximum absolute atomic E-state index is 13.5. The van der Waals surface area contributed by atoms with E-state index >= 15 is 0 Å². The van der Waals surface area contributed by atoms with Gasteiger partial charge in [0.1, 0.15) is 11.1 Å². The van der Waals surface area contributed by atoms with Crippen molar-refractivity contribution in [1.29, 1.82) is 0 Å². The molecule has 1 atom stereocenters. The van der Waals surface area contributed by atoms with E-state index < -0.39 is 27.8 Å². The van der Waals surface area contributed by atoms with Gasteiger partial charge in [0, 0.05) is 37.1 Å². The summed E-state index contributed by atoms with van der Waals surface area (Å²) in [5.41, 5.74) is 1.23. The van der Waals surface area contributed by atoms with Crippen molar-refractivity contribution in [1.82, 2.24) is 18.8 Å². The van der Waals surface area contributed by atoms with E-state index in [1.54, 1.807) is 26.8 Å². The van der Waals surface area contributed by atoms with E-state index in [9.17, 15) is 23.1 Å². The molecule has 1 N–H and O–H groups in total. The minimum atomic E-state index is -4.27. The number of fused-ring (bicyclic) bond motifs is 1. The Morgan fingerprint density at radius 3 is 2.54 bits per heavy atom. The number of amides is 1. The van der Waals surface area contributed by atoms with Gasteiger partial charge in [0.05, 0.1) is 20.4 Å². The molecule has 3 aromatic rings. The SMILES string of the molecule is CC1CCCN1c1cc(-c2cnc3c(n2)c(I)cn3C(=O)O)cc(S(=O)(=O)N(C)C(=O)OC(C)(C)C)c1. The molecule has 1 unspecified atom stereocenters. The number of halogens is 1. The number of rotatable bonds is 4. The summed E-state index contributed by atoms with van der Waals surface area (Å²) in [6.07, 6.45) is 2.61. The Labute approximate surface area is 228 Å². The van der Waals surface area contributed by atoms with Crippen LogP contribution < -0.4 is 4.90 Å². The Morgan fingerprint density at radius 1 is 1.24 bits per heavy atom. The van der Waals surface area contributed by atoms with E-state index in [-0.39, 0.29) is 16.6 Å². The highest BCUT2D eigenvalue weighted by atomic mass is 127. The summed E-state index contributed by atoms with van der Waals surface area (Å²) in [7, 11) is -3.10. The van der Waals surface area contributed by atoms with Crippen LogP contribution in [0.15, 0.2) is 35.5 Å². The minimum absolute atomic E-state index is 0.0906. The van der Waals surface area contributed by atoms with E-state index in [0.717, 1.165) is 31.0 Å². The molecule has 1 saturated heterocycles. The van der Waals surface area contributed by atoms with Gasteiger partial charge in [0.2, 0.25) is 0 Å². The monoisotopic (exact) mass is 641 g/mol. The van der Waals surface area contributed by atoms with Crippen LogP contribution in [0.4, 0.5) is 15.3 Å². The molecule has 1 aliphatic heterocycles. The quantitative estimate of drug-likeness (QED) is 0.400. The van der Waals surface area contributed by atoms with Crippen molar-refractivity contribution in [2.45, 2.75) is 57.1 Å². The number of anilines is 1. The molecule has 2 aromatic heterocycles. The maximum Gasteiger partial charge on any atom is 0.424 e. The largest absolute Gasteiger partial charge is 0.464 e. The fourth-order valence-corrected chi connectivity index (χ4v) is 5.92. The van der Waals surface area contributed by atoms with Crippen molar-refractivity contribution in [3.05, 3.63) is 34.2 Å². The number of aromatic nitrogens is 3. The number of benzene rings is 1. The number of hydrogen-bond donors (Lipinski definition) is 1. The average molecular weight is 641 g/mol. The van der Waals surface area contributed by atoms with Gasteiger partial charge < -0.3 is 14.7 Å². The van der Waals surface area contributed by atoms with E-state index in [1.807, 2.05) is 28.7 Å². The van der Waals surface area contributed by atoms with E-state index in [0.29, 0.717) is 30.3 Å². The molecule has 0 radical (unpaired) electrons. The topological polar surface area (TPSA) is 135 Å². The van der Waals surface area contributed by atoms with E-state index in [2.05, 4.69) is 21.8 Å². The summed E-state index contributed by atoms with van der Waals surface area (Å²) in [4.78, 5) is 35.1. The zero-order chi connectivity index (χ0) is 27.3. The lowest BCUT2D eigenvalue weighted by atomic mass is 10.1. The Bertz CT molecular complexity index is 1500. The molecular formula is C24H28IN5O6S. The number of ether oxygens (including phenoxy) is 1. The molecule has 0 saturated carbocycles. The van der Waals surface area contributed by atoms with E-state index in [1.165, 1.54) is 18.5 Å². The first-order valence-corrected chi connectivity index (χ1v) is 14.1. The normalized spacial score (nSPS) is 16.3. The summed E-state index contributed by atoms with van der Waals surface area (Å²) in [5.74, 6) is 0. The van der Waals surface area contributed by atoms with Gasteiger partial charge in [-0.25, -0.2) is 36.8 Å². The Kier molecular flexibility index (Phi) is 7.14. The summed E-state index contributed by atoms with van der Waals surface area (Å²) >= 11 is 1.99. The number of carbonyl (C=O) groups excluding carboxylic acids is 1. The number of sulfonamides is 1. The van der Waals surface area contributed by atoms with Gasteiger partial charge in [-0.1, -0.05) is 0 Å². The highest BCUT2D eigenvalue weighted by Crippen LogP contribution is 2.34. The zero-order valence-electron chi connectivity index (χ0n) is 21.1. The molecule has 1 aromatic carbocycles. The molecule has 1 amide bonds. The molecule has 1 aliphatic rings. The molecule has 3 heterocycles. The summed E-state index contributed by atoms with van der Waals surface area (Å²) in [6, 6.07) is 5.04. The maximum atomic E-state index is 13.5. The molecule has 1 fully saturated rings. The third-order valence-electron chi connectivity index (χ3n) is 6.04. The third-order valence-corrected chi connectivity index (χ3v) is 8.53. The molecule has 0 bridgehead atoms. The van der Waals surface area contributed by atoms with Gasteiger partial charge in [-0.15, -0.1) is 0 Å². The highest BCUT2D eigenvalue weighted by molar-refractivity contribution is 14.1. The van der Waals surface area contributed by atoms with Crippen molar-refractivity contribution in [3.8, 4) is 11.3 Å². The summed E-state index contributed by atoms with van der Waals surface area (Å²) in [6.45, 7) is 7.81. The van der Waals surface area contributed by atoms with Crippen LogP contribution in [0.5, 0.6) is 0 Å². The first-order valence-electron chi connectivity index (χ1n) is 11.6. The molecule has 4 rings (SSSR count). The second kappa shape index (κ2) is 9.74. The van der Waals surface area contributed by atoms with Crippen LogP contribution in [-0.4, -0.2) is 69.8 Å². The Balaban J connectivity index is 1.85. The van der Waals surface area contributed by atoms with Crippen molar-refractivity contribution >= 4 is 61.7 Å². The van der Waals surface area contributed by atoms with Gasteiger partial charge >= 0.3 is 12.2 Å². The number of nitrogens with zero attached hydrogens (tertiary/aromatic N) is 5. The number of hydrogen-bond acceptors (Lipinski definition) is 8. The van der Waals surface area contributed by atoms with E-state index in [4.69, 9.17) is 4.74 Å². The van der Waals surface area contributed by atoms with Crippen molar-refractivity contribution < 1.29 is 27.9 Å².